The van der Waals surface area contributed by atoms with E-state index in [1.54, 1.807) is 0 Å². The van der Waals surface area contributed by atoms with Crippen LogP contribution in [0.15, 0.2) is 24.3 Å². The second kappa shape index (κ2) is 4.42. The highest BCUT2D eigenvalue weighted by Crippen LogP contribution is 2.10. The van der Waals surface area contributed by atoms with Crippen LogP contribution in [-0.2, 0) is 4.79 Å². The molecule has 4 heteroatoms. The highest BCUT2D eigenvalue weighted by molar-refractivity contribution is 5.95. The van der Waals surface area contributed by atoms with Crippen molar-refractivity contribution < 1.29 is 4.79 Å². The van der Waals surface area contributed by atoms with E-state index in [0.717, 1.165) is 24.2 Å². The summed E-state index contributed by atoms with van der Waals surface area (Å²) in [6.45, 7) is 2.84. The first-order chi connectivity index (χ1) is 7.25. The van der Waals surface area contributed by atoms with Gasteiger partial charge < -0.3 is 5.32 Å². The molecule has 1 fully saturated rings. The van der Waals surface area contributed by atoms with Crippen molar-refractivity contribution in [3.05, 3.63) is 29.8 Å². The summed E-state index contributed by atoms with van der Waals surface area (Å²) in [4.78, 5) is 11.7. The summed E-state index contributed by atoms with van der Waals surface area (Å²) in [7, 11) is 0. The number of hydrogen-bond acceptors (Lipinski definition) is 3. The van der Waals surface area contributed by atoms with Crippen LogP contribution in [0, 0.1) is 6.92 Å². The van der Waals surface area contributed by atoms with E-state index in [1.165, 1.54) is 0 Å². The number of amides is 1. The van der Waals surface area contributed by atoms with Crippen LogP contribution in [0.25, 0.3) is 0 Å². The monoisotopic (exact) mass is 205 g/mol. The van der Waals surface area contributed by atoms with Gasteiger partial charge in [0.15, 0.2) is 0 Å². The quantitative estimate of drug-likeness (QED) is 0.669. The molecule has 1 amide bonds. The molecular formula is C11H15N3O. The first-order valence-corrected chi connectivity index (χ1v) is 5.11. The first kappa shape index (κ1) is 10.1. The van der Waals surface area contributed by atoms with Crippen LogP contribution in [0.5, 0.6) is 0 Å². The molecule has 80 valence electrons. The van der Waals surface area contributed by atoms with Gasteiger partial charge in [0.25, 0.3) is 0 Å². The lowest BCUT2D eigenvalue weighted by atomic mass is 10.2. The van der Waals surface area contributed by atoms with E-state index in [4.69, 9.17) is 0 Å². The minimum Gasteiger partial charge on any atom is -0.325 e. The molecule has 1 heterocycles. The molecule has 1 aromatic rings. The van der Waals surface area contributed by atoms with Gasteiger partial charge in [-0.1, -0.05) is 12.1 Å². The number of nitrogens with one attached hydrogen (secondary N) is 3. The Labute approximate surface area is 89.0 Å². The largest absolute Gasteiger partial charge is 0.325 e. The first-order valence-electron chi connectivity index (χ1n) is 5.11. The average molecular weight is 205 g/mol. The molecular weight excluding hydrogens is 190 g/mol. The molecule has 0 saturated carbocycles. The van der Waals surface area contributed by atoms with E-state index in [-0.39, 0.29) is 11.9 Å². The number of hydrazine groups is 1. The van der Waals surface area contributed by atoms with E-state index >= 15 is 0 Å². The van der Waals surface area contributed by atoms with Gasteiger partial charge in [0.2, 0.25) is 5.91 Å². The highest BCUT2D eigenvalue weighted by Gasteiger charge is 2.21. The smallest absolute Gasteiger partial charge is 0.242 e. The molecule has 0 bridgehead atoms. The average Bonchev–Trinajstić information content (AvgIpc) is 2.70. The van der Waals surface area contributed by atoms with Crippen molar-refractivity contribution in [3.63, 3.8) is 0 Å². The van der Waals surface area contributed by atoms with Gasteiger partial charge in [-0.05, 0) is 31.0 Å². The number of rotatable bonds is 2. The molecule has 0 aliphatic carbocycles. The number of benzene rings is 1. The van der Waals surface area contributed by atoms with Crippen molar-refractivity contribution in [2.45, 2.75) is 19.4 Å². The van der Waals surface area contributed by atoms with E-state index in [9.17, 15) is 4.79 Å². The summed E-state index contributed by atoms with van der Waals surface area (Å²) in [6, 6.07) is 7.68. The predicted molar refractivity (Wildman–Crippen MR) is 59.4 cm³/mol. The summed E-state index contributed by atoms with van der Waals surface area (Å²) >= 11 is 0. The van der Waals surface area contributed by atoms with Crippen molar-refractivity contribution in [3.8, 4) is 0 Å². The number of aryl methyl sites for hydroxylation is 1. The molecule has 1 aromatic carbocycles. The van der Waals surface area contributed by atoms with E-state index in [1.807, 2.05) is 31.2 Å². The van der Waals surface area contributed by atoms with Gasteiger partial charge in [0.05, 0.1) is 0 Å². The van der Waals surface area contributed by atoms with Gasteiger partial charge in [0, 0.05) is 12.2 Å². The van der Waals surface area contributed by atoms with Gasteiger partial charge in [-0.3, -0.25) is 10.2 Å². The molecule has 1 aliphatic rings. The minimum atomic E-state index is -0.120. The zero-order chi connectivity index (χ0) is 10.7. The molecule has 3 N–H and O–H groups in total. The molecule has 4 nitrogen and oxygen atoms in total. The van der Waals surface area contributed by atoms with Crippen molar-refractivity contribution in [1.29, 1.82) is 0 Å². The van der Waals surface area contributed by atoms with Crippen LogP contribution in [-0.4, -0.2) is 18.5 Å². The lowest BCUT2D eigenvalue weighted by molar-refractivity contribution is -0.117. The third-order valence-electron chi connectivity index (χ3n) is 2.44. The summed E-state index contributed by atoms with van der Waals surface area (Å²) < 4.78 is 0. The zero-order valence-electron chi connectivity index (χ0n) is 8.71. The van der Waals surface area contributed by atoms with Crippen molar-refractivity contribution in [2.75, 3.05) is 11.9 Å². The van der Waals surface area contributed by atoms with Crippen LogP contribution in [0.2, 0.25) is 0 Å². The molecule has 0 spiro atoms. The second-order valence-electron chi connectivity index (χ2n) is 3.77. The Morgan fingerprint density at radius 3 is 3.07 bits per heavy atom. The lowest BCUT2D eigenvalue weighted by Crippen LogP contribution is -2.39. The molecule has 2 rings (SSSR count). The van der Waals surface area contributed by atoms with Gasteiger partial charge in [-0.2, -0.15) is 0 Å². The summed E-state index contributed by atoms with van der Waals surface area (Å²) in [5.74, 6) is 0.0191. The maximum Gasteiger partial charge on any atom is 0.242 e. The molecule has 1 saturated heterocycles. The summed E-state index contributed by atoms with van der Waals surface area (Å²) in [5.41, 5.74) is 7.87. The fourth-order valence-corrected chi connectivity index (χ4v) is 1.63. The Kier molecular flexibility index (Phi) is 2.99. The molecule has 1 aliphatic heterocycles. The maximum atomic E-state index is 11.7. The minimum absolute atomic E-state index is 0.0191. The second-order valence-corrected chi connectivity index (χ2v) is 3.77. The van der Waals surface area contributed by atoms with Gasteiger partial charge >= 0.3 is 0 Å². The van der Waals surface area contributed by atoms with Crippen molar-refractivity contribution in [2.24, 2.45) is 0 Å². The summed E-state index contributed by atoms with van der Waals surface area (Å²) in [5, 5.41) is 2.88. The third-order valence-corrected chi connectivity index (χ3v) is 2.44. The number of anilines is 1. The fourth-order valence-electron chi connectivity index (χ4n) is 1.63. The Balaban J connectivity index is 1.99. The topological polar surface area (TPSA) is 53.2 Å². The Morgan fingerprint density at radius 2 is 2.40 bits per heavy atom. The molecule has 0 radical (unpaired) electrons. The summed E-state index contributed by atoms with van der Waals surface area (Å²) in [6.07, 6.45) is 0.831. The molecule has 1 unspecified atom stereocenters. The van der Waals surface area contributed by atoms with E-state index in [2.05, 4.69) is 16.2 Å². The van der Waals surface area contributed by atoms with Crippen molar-refractivity contribution >= 4 is 11.6 Å². The maximum absolute atomic E-state index is 11.7. The normalized spacial score (nSPS) is 20.2. The van der Waals surface area contributed by atoms with Crippen LogP contribution >= 0.6 is 0 Å². The van der Waals surface area contributed by atoms with Crippen LogP contribution in [0.1, 0.15) is 12.0 Å². The fraction of sp³-hybridized carbons (Fsp3) is 0.364. The number of carbonyl (C=O) groups is 1. The Hall–Kier alpha value is -1.39. The Bertz CT molecular complexity index is 359. The molecule has 0 aromatic heterocycles. The predicted octanol–water partition coefficient (Wildman–Crippen LogP) is 0.800. The van der Waals surface area contributed by atoms with Gasteiger partial charge in [0.1, 0.15) is 6.04 Å². The van der Waals surface area contributed by atoms with Crippen molar-refractivity contribution in [1.82, 2.24) is 10.9 Å². The van der Waals surface area contributed by atoms with Gasteiger partial charge in [-0.15, -0.1) is 0 Å². The SMILES string of the molecule is Cc1cccc(NC(=O)C2CCNN2)c1. The van der Waals surface area contributed by atoms with E-state index < -0.39 is 0 Å². The third kappa shape index (κ3) is 2.55. The van der Waals surface area contributed by atoms with Crippen LogP contribution < -0.4 is 16.2 Å². The zero-order valence-corrected chi connectivity index (χ0v) is 8.71. The van der Waals surface area contributed by atoms with Crippen LogP contribution in [0.4, 0.5) is 5.69 Å². The van der Waals surface area contributed by atoms with Crippen LogP contribution in [0.3, 0.4) is 0 Å². The number of carbonyl (C=O) groups excluding carboxylic acids is 1. The molecule has 15 heavy (non-hydrogen) atoms. The van der Waals surface area contributed by atoms with E-state index in [0.29, 0.717) is 0 Å². The molecule has 1 atom stereocenters. The lowest BCUT2D eigenvalue weighted by Gasteiger charge is -2.10. The standard InChI is InChI=1S/C11H15N3O/c1-8-3-2-4-9(7-8)13-11(15)10-5-6-12-14-10/h2-4,7,10,12,14H,5-6H2,1H3,(H,13,15). The number of hydrogen-bond donors (Lipinski definition) is 3. The highest BCUT2D eigenvalue weighted by atomic mass is 16.2. The Morgan fingerprint density at radius 1 is 1.53 bits per heavy atom. The van der Waals surface area contributed by atoms with Gasteiger partial charge in [-0.25, -0.2) is 5.43 Å².